The molecule has 0 aliphatic carbocycles. The van der Waals surface area contributed by atoms with Crippen LogP contribution >= 0.6 is 0 Å². The number of fused-ring (bicyclic) bond motifs is 6. The molecule has 0 N–H and O–H groups in total. The molecular weight excluding hydrogens is 605 g/mol. The van der Waals surface area contributed by atoms with Gasteiger partial charge < -0.3 is 9.13 Å². The minimum atomic E-state index is -0.420. The molecule has 2 heterocycles. The lowest BCUT2D eigenvalue weighted by molar-refractivity contribution is 1.18. The first-order chi connectivity index (χ1) is 27.7. The van der Waals surface area contributed by atoms with Crippen LogP contribution in [-0.2, 0) is 0 Å². The molecular formula is C48H32N2. The summed E-state index contributed by atoms with van der Waals surface area (Å²) in [5, 5.41) is 2.26. The molecule has 10 rings (SSSR count). The lowest BCUT2D eigenvalue weighted by atomic mass is 9.99. The van der Waals surface area contributed by atoms with E-state index in [1.165, 1.54) is 0 Å². The minimum absolute atomic E-state index is 0.0740. The Morgan fingerprint density at radius 3 is 1.52 bits per heavy atom. The molecule has 50 heavy (non-hydrogen) atoms. The average Bonchev–Trinajstić information content (AvgIpc) is 3.79. The molecule has 0 unspecified atom stereocenters. The largest absolute Gasteiger partial charge is 0.309 e. The smallest absolute Gasteiger partial charge is 0.0645 e. The van der Waals surface area contributed by atoms with Crippen molar-refractivity contribution in [2.24, 2.45) is 0 Å². The van der Waals surface area contributed by atoms with E-state index in [4.69, 9.17) is 5.48 Å². The highest BCUT2D eigenvalue weighted by Gasteiger charge is 2.17. The summed E-state index contributed by atoms with van der Waals surface area (Å²) in [6.07, 6.45) is 0. The molecule has 8 aromatic carbocycles. The van der Waals surface area contributed by atoms with E-state index in [9.17, 15) is 4.11 Å². The summed E-state index contributed by atoms with van der Waals surface area (Å²) in [6, 6.07) is 48.2. The van der Waals surface area contributed by atoms with E-state index in [-0.39, 0.29) is 57.6 Å². The highest BCUT2D eigenvalue weighted by atomic mass is 15.0. The topological polar surface area (TPSA) is 9.86 Å². The van der Waals surface area contributed by atoms with Crippen molar-refractivity contribution < 1.29 is 9.60 Å². The minimum Gasteiger partial charge on any atom is -0.309 e. The molecule has 10 aromatic rings. The Morgan fingerprint density at radius 2 is 0.840 bits per heavy atom. The van der Waals surface area contributed by atoms with Crippen LogP contribution in [0, 0.1) is 0 Å². The molecule has 0 bridgehead atoms. The van der Waals surface area contributed by atoms with E-state index in [0.717, 1.165) is 49.7 Å². The Balaban J connectivity index is 1.28. The standard InChI is InChI=1S/C48H32N2/c1-4-13-33(14-5-1)35-17-12-20-40(29-35)50-45-22-11-10-21-41(45)42-31-37(24-27-46(42)50)38-25-28-48-44(32-38)43-30-36(34-15-6-2-7-16-34)23-26-47(43)49(48)39-18-8-3-9-19-39/h1-32H/i10D,11D,21D,22D,24D,27D,31D. The van der Waals surface area contributed by atoms with Crippen molar-refractivity contribution in [2.45, 2.75) is 0 Å². The lowest BCUT2D eigenvalue weighted by Gasteiger charge is -2.11. The van der Waals surface area contributed by atoms with Gasteiger partial charge in [0, 0.05) is 32.9 Å². The first-order valence-electron chi connectivity index (χ1n) is 20.1. The van der Waals surface area contributed by atoms with Gasteiger partial charge in [-0.3, -0.25) is 0 Å². The normalized spacial score (nSPS) is 13.6. The first kappa shape index (κ1) is 22.1. The fraction of sp³-hybridized carbons (Fsp3) is 0. The van der Waals surface area contributed by atoms with Gasteiger partial charge in [0.05, 0.1) is 31.7 Å². The molecule has 0 aliphatic rings. The van der Waals surface area contributed by atoms with Crippen LogP contribution in [0.4, 0.5) is 0 Å². The molecule has 0 spiro atoms. The quantitative estimate of drug-likeness (QED) is 0.177. The Labute approximate surface area is 300 Å². The fourth-order valence-corrected chi connectivity index (χ4v) is 7.22. The summed E-state index contributed by atoms with van der Waals surface area (Å²) in [6.45, 7) is 0. The van der Waals surface area contributed by atoms with Crippen LogP contribution < -0.4 is 0 Å². The van der Waals surface area contributed by atoms with Crippen LogP contribution in [-0.4, -0.2) is 9.13 Å². The molecule has 2 aromatic heterocycles. The summed E-state index contributed by atoms with van der Waals surface area (Å²) in [5.41, 5.74) is 8.60. The van der Waals surface area contributed by atoms with Crippen LogP contribution in [0.2, 0.25) is 0 Å². The zero-order chi connectivity index (χ0) is 39.1. The predicted octanol–water partition coefficient (Wildman–Crippen LogP) is 12.9. The summed E-state index contributed by atoms with van der Waals surface area (Å²) in [7, 11) is 0. The monoisotopic (exact) mass is 643 g/mol. The molecule has 2 heteroatoms. The molecule has 234 valence electrons. The van der Waals surface area contributed by atoms with E-state index < -0.39 is 12.1 Å². The van der Waals surface area contributed by atoms with Gasteiger partial charge in [0.1, 0.15) is 0 Å². The zero-order valence-electron chi connectivity index (χ0n) is 33.8. The van der Waals surface area contributed by atoms with Crippen LogP contribution in [0.5, 0.6) is 0 Å². The fourth-order valence-electron chi connectivity index (χ4n) is 7.22. The van der Waals surface area contributed by atoms with E-state index >= 15 is 0 Å². The lowest BCUT2D eigenvalue weighted by Crippen LogP contribution is -1.94. The Bertz CT molecular complexity index is 3240. The second kappa shape index (κ2) is 11.5. The Kier molecular flexibility index (Phi) is 5.08. The van der Waals surface area contributed by atoms with Crippen LogP contribution in [0.1, 0.15) is 9.60 Å². The molecule has 0 fully saturated rings. The zero-order valence-corrected chi connectivity index (χ0v) is 26.8. The number of rotatable bonds is 5. The van der Waals surface area contributed by atoms with Crippen molar-refractivity contribution in [3.05, 3.63) is 194 Å². The molecule has 0 radical (unpaired) electrons. The van der Waals surface area contributed by atoms with Gasteiger partial charge >= 0.3 is 0 Å². The van der Waals surface area contributed by atoms with E-state index in [2.05, 4.69) is 47.0 Å². The van der Waals surface area contributed by atoms with E-state index in [0.29, 0.717) is 11.3 Å². The number of hydrogen-bond acceptors (Lipinski definition) is 0. The molecule has 0 aliphatic heterocycles. The third kappa shape index (κ3) is 4.57. The second-order valence-corrected chi connectivity index (χ2v) is 12.4. The number of hydrogen-bond donors (Lipinski definition) is 0. The average molecular weight is 644 g/mol. The van der Waals surface area contributed by atoms with Crippen molar-refractivity contribution in [1.82, 2.24) is 9.13 Å². The Morgan fingerprint density at radius 1 is 0.320 bits per heavy atom. The first-order valence-corrected chi connectivity index (χ1v) is 16.6. The van der Waals surface area contributed by atoms with Crippen molar-refractivity contribution in [3.8, 4) is 44.8 Å². The van der Waals surface area contributed by atoms with Gasteiger partial charge in [-0.25, -0.2) is 0 Å². The van der Waals surface area contributed by atoms with Crippen molar-refractivity contribution in [2.75, 3.05) is 0 Å². The number of aromatic nitrogens is 2. The third-order valence-electron chi connectivity index (χ3n) is 9.54. The molecule has 2 nitrogen and oxygen atoms in total. The summed E-state index contributed by atoms with van der Waals surface area (Å²) in [4.78, 5) is 0. The molecule has 0 saturated carbocycles. The highest BCUT2D eigenvalue weighted by Crippen LogP contribution is 2.39. The van der Waals surface area contributed by atoms with E-state index in [1.807, 2.05) is 109 Å². The molecule has 0 amide bonds. The maximum absolute atomic E-state index is 9.82. The third-order valence-corrected chi connectivity index (χ3v) is 9.54. The van der Waals surface area contributed by atoms with Crippen molar-refractivity contribution in [1.29, 1.82) is 0 Å². The van der Waals surface area contributed by atoms with Gasteiger partial charge in [0.25, 0.3) is 0 Å². The van der Waals surface area contributed by atoms with Gasteiger partial charge in [-0.1, -0.05) is 127 Å². The van der Waals surface area contributed by atoms with Gasteiger partial charge in [-0.15, -0.1) is 0 Å². The van der Waals surface area contributed by atoms with Crippen molar-refractivity contribution in [3.63, 3.8) is 0 Å². The Hall–Kier alpha value is -6.64. The van der Waals surface area contributed by atoms with Gasteiger partial charge in [-0.05, 0) is 100 Å². The van der Waals surface area contributed by atoms with Gasteiger partial charge in [-0.2, -0.15) is 0 Å². The van der Waals surface area contributed by atoms with Gasteiger partial charge in [0.2, 0.25) is 0 Å². The van der Waals surface area contributed by atoms with Crippen LogP contribution in [0.3, 0.4) is 0 Å². The SMILES string of the molecule is [2H]c1c([2H])c([2H])c2c(c1[2H])c1c([2H])c(-c3ccc4c(c3)c3cc(-c5ccccc5)ccc3n4-c3ccccc3)c([2H])c([2H])c1n2-c1cccc(-c2ccccc2)c1. The van der Waals surface area contributed by atoms with Crippen LogP contribution in [0.15, 0.2) is 194 Å². The number of para-hydroxylation sites is 2. The second-order valence-electron chi connectivity index (χ2n) is 12.4. The number of benzene rings is 8. The highest BCUT2D eigenvalue weighted by molar-refractivity contribution is 6.13. The molecule has 0 saturated heterocycles. The number of nitrogens with zero attached hydrogens (tertiary/aromatic N) is 2. The summed E-state index contributed by atoms with van der Waals surface area (Å²) in [5.74, 6) is 0. The summed E-state index contributed by atoms with van der Waals surface area (Å²) >= 11 is 0. The van der Waals surface area contributed by atoms with E-state index in [1.54, 1.807) is 4.57 Å². The predicted molar refractivity (Wildman–Crippen MR) is 211 cm³/mol. The summed E-state index contributed by atoms with van der Waals surface area (Å²) < 4.78 is 68.3. The van der Waals surface area contributed by atoms with Gasteiger partial charge in [0.15, 0.2) is 0 Å². The van der Waals surface area contributed by atoms with Crippen LogP contribution in [0.25, 0.3) is 88.4 Å². The molecule has 0 atom stereocenters. The maximum Gasteiger partial charge on any atom is 0.0645 e. The maximum atomic E-state index is 9.82. The van der Waals surface area contributed by atoms with Crippen molar-refractivity contribution >= 4 is 43.6 Å².